The van der Waals surface area contributed by atoms with Crippen molar-refractivity contribution in [3.63, 3.8) is 0 Å². The molecule has 0 aliphatic carbocycles. The Morgan fingerprint density at radius 1 is 1.56 bits per heavy atom. The van der Waals surface area contributed by atoms with Gasteiger partial charge < -0.3 is 14.8 Å². The maximum atomic E-state index is 12.6. The highest BCUT2D eigenvalue weighted by molar-refractivity contribution is 5.91. The standard InChI is InChI=1S/C13H20N4O/c1-3-11-10-7-14-6-9(10)8-17(11)13(18)12-15-4-5-16(12)2/h4-5,9-11,14H,3,6-8H2,1-2H3. The number of nitrogens with one attached hydrogen (secondary N) is 1. The van der Waals surface area contributed by atoms with Gasteiger partial charge in [0, 0.05) is 45.1 Å². The molecule has 2 aliphatic rings. The Labute approximate surface area is 107 Å². The minimum absolute atomic E-state index is 0.0868. The molecule has 2 saturated heterocycles. The number of fused-ring (bicyclic) bond motifs is 1. The highest BCUT2D eigenvalue weighted by atomic mass is 16.2. The van der Waals surface area contributed by atoms with E-state index in [1.807, 2.05) is 18.1 Å². The van der Waals surface area contributed by atoms with E-state index in [9.17, 15) is 4.79 Å². The third-order valence-corrected chi connectivity index (χ3v) is 4.41. The Hall–Kier alpha value is -1.36. The lowest BCUT2D eigenvalue weighted by molar-refractivity contribution is 0.0695. The van der Waals surface area contributed by atoms with Crippen LogP contribution < -0.4 is 5.32 Å². The zero-order valence-electron chi connectivity index (χ0n) is 11.0. The maximum Gasteiger partial charge on any atom is 0.290 e. The Balaban J connectivity index is 1.84. The molecule has 2 fully saturated rings. The number of imidazole rings is 1. The van der Waals surface area contributed by atoms with Crippen molar-refractivity contribution >= 4 is 5.91 Å². The number of aryl methyl sites for hydroxylation is 1. The zero-order chi connectivity index (χ0) is 12.7. The predicted octanol–water partition coefficient (Wildman–Crippen LogP) is 0.490. The minimum atomic E-state index is 0.0868. The van der Waals surface area contributed by atoms with Gasteiger partial charge in [0.05, 0.1) is 0 Å². The number of hydrogen-bond donors (Lipinski definition) is 1. The molecule has 3 rings (SSSR count). The van der Waals surface area contributed by atoms with E-state index in [2.05, 4.69) is 17.2 Å². The van der Waals surface area contributed by atoms with Crippen molar-refractivity contribution in [2.45, 2.75) is 19.4 Å². The van der Waals surface area contributed by atoms with Crippen molar-refractivity contribution < 1.29 is 4.79 Å². The van der Waals surface area contributed by atoms with Crippen LogP contribution in [0.2, 0.25) is 0 Å². The topological polar surface area (TPSA) is 50.2 Å². The first-order chi connectivity index (χ1) is 8.72. The molecule has 0 spiro atoms. The molecule has 2 aliphatic heterocycles. The van der Waals surface area contributed by atoms with Gasteiger partial charge in [0.1, 0.15) is 0 Å². The van der Waals surface area contributed by atoms with Gasteiger partial charge in [-0.3, -0.25) is 4.79 Å². The first-order valence-corrected chi connectivity index (χ1v) is 6.71. The van der Waals surface area contributed by atoms with Crippen molar-refractivity contribution in [3.8, 4) is 0 Å². The van der Waals surface area contributed by atoms with Crippen LogP contribution in [-0.4, -0.2) is 46.0 Å². The van der Waals surface area contributed by atoms with Crippen LogP contribution in [0.15, 0.2) is 12.4 Å². The smallest absolute Gasteiger partial charge is 0.290 e. The number of likely N-dealkylation sites (tertiary alicyclic amines) is 1. The first kappa shape index (κ1) is 11.7. The van der Waals surface area contributed by atoms with Gasteiger partial charge in [-0.05, 0) is 18.3 Å². The van der Waals surface area contributed by atoms with Crippen molar-refractivity contribution in [2.75, 3.05) is 19.6 Å². The second-order valence-corrected chi connectivity index (χ2v) is 5.38. The zero-order valence-corrected chi connectivity index (χ0v) is 11.0. The number of carbonyl (C=O) groups excluding carboxylic acids is 1. The Morgan fingerprint density at radius 3 is 3.06 bits per heavy atom. The number of amides is 1. The number of rotatable bonds is 2. The summed E-state index contributed by atoms with van der Waals surface area (Å²) in [7, 11) is 1.87. The molecule has 3 atom stereocenters. The first-order valence-electron chi connectivity index (χ1n) is 6.71. The average Bonchev–Trinajstić information content (AvgIpc) is 3.01. The summed E-state index contributed by atoms with van der Waals surface area (Å²) in [6.07, 6.45) is 4.54. The van der Waals surface area contributed by atoms with E-state index < -0.39 is 0 Å². The van der Waals surface area contributed by atoms with Crippen LogP contribution in [0.25, 0.3) is 0 Å². The third kappa shape index (κ3) is 1.65. The van der Waals surface area contributed by atoms with Crippen LogP contribution in [0.1, 0.15) is 24.0 Å². The molecule has 1 amide bonds. The summed E-state index contributed by atoms with van der Waals surface area (Å²) in [4.78, 5) is 18.8. The largest absolute Gasteiger partial charge is 0.332 e. The van der Waals surface area contributed by atoms with E-state index in [1.165, 1.54) is 0 Å². The van der Waals surface area contributed by atoms with Gasteiger partial charge in [-0.2, -0.15) is 0 Å². The highest BCUT2D eigenvalue weighted by Crippen LogP contribution is 2.34. The van der Waals surface area contributed by atoms with E-state index in [0.717, 1.165) is 26.1 Å². The second kappa shape index (κ2) is 4.39. The van der Waals surface area contributed by atoms with E-state index in [-0.39, 0.29) is 5.91 Å². The molecule has 1 aromatic rings. The molecule has 0 saturated carbocycles. The molecule has 1 N–H and O–H groups in total. The molecule has 0 radical (unpaired) electrons. The van der Waals surface area contributed by atoms with Crippen molar-refractivity contribution in [3.05, 3.63) is 18.2 Å². The fourth-order valence-electron chi connectivity index (χ4n) is 3.48. The van der Waals surface area contributed by atoms with E-state index in [4.69, 9.17) is 0 Å². The Morgan fingerprint density at radius 2 is 2.39 bits per heavy atom. The molecule has 3 heterocycles. The summed E-state index contributed by atoms with van der Waals surface area (Å²) in [6.45, 7) is 5.14. The summed E-state index contributed by atoms with van der Waals surface area (Å²) in [5.74, 6) is 1.89. The molecule has 0 aromatic carbocycles. The predicted molar refractivity (Wildman–Crippen MR) is 68.2 cm³/mol. The lowest BCUT2D eigenvalue weighted by Crippen LogP contribution is -2.40. The molecule has 98 valence electrons. The Bertz CT molecular complexity index is 456. The molecule has 18 heavy (non-hydrogen) atoms. The van der Waals surface area contributed by atoms with Crippen LogP contribution in [0.3, 0.4) is 0 Å². The highest BCUT2D eigenvalue weighted by Gasteiger charge is 2.45. The third-order valence-electron chi connectivity index (χ3n) is 4.41. The normalized spacial score (nSPS) is 30.8. The SMILES string of the molecule is CCC1C2CNCC2CN1C(=O)c1nccn1C. The van der Waals surface area contributed by atoms with Crippen LogP contribution in [0.5, 0.6) is 0 Å². The molecular weight excluding hydrogens is 228 g/mol. The van der Waals surface area contributed by atoms with Gasteiger partial charge in [0.25, 0.3) is 5.91 Å². The molecule has 5 nitrogen and oxygen atoms in total. The molecule has 5 heteroatoms. The fraction of sp³-hybridized carbons (Fsp3) is 0.692. The molecule has 1 aromatic heterocycles. The molecule has 0 bridgehead atoms. The van der Waals surface area contributed by atoms with E-state index in [1.54, 1.807) is 10.8 Å². The van der Waals surface area contributed by atoms with Crippen LogP contribution in [0, 0.1) is 11.8 Å². The van der Waals surface area contributed by atoms with Gasteiger partial charge in [0.2, 0.25) is 0 Å². The van der Waals surface area contributed by atoms with Crippen molar-refractivity contribution in [2.24, 2.45) is 18.9 Å². The van der Waals surface area contributed by atoms with Crippen LogP contribution in [0.4, 0.5) is 0 Å². The summed E-state index contributed by atoms with van der Waals surface area (Å²) < 4.78 is 1.81. The van der Waals surface area contributed by atoms with Gasteiger partial charge in [-0.15, -0.1) is 0 Å². The molecular formula is C13H20N4O. The molecule has 3 unspecified atom stereocenters. The minimum Gasteiger partial charge on any atom is -0.332 e. The summed E-state index contributed by atoms with van der Waals surface area (Å²) in [5, 5.41) is 3.44. The monoisotopic (exact) mass is 248 g/mol. The van der Waals surface area contributed by atoms with Gasteiger partial charge >= 0.3 is 0 Å². The lowest BCUT2D eigenvalue weighted by atomic mass is 9.93. The van der Waals surface area contributed by atoms with Gasteiger partial charge in [-0.25, -0.2) is 4.98 Å². The lowest BCUT2D eigenvalue weighted by Gasteiger charge is -2.26. The van der Waals surface area contributed by atoms with E-state index in [0.29, 0.717) is 23.7 Å². The Kier molecular flexibility index (Phi) is 2.86. The summed E-state index contributed by atoms with van der Waals surface area (Å²) in [6, 6.07) is 0.370. The van der Waals surface area contributed by atoms with Crippen LogP contribution >= 0.6 is 0 Å². The van der Waals surface area contributed by atoms with Crippen molar-refractivity contribution in [1.82, 2.24) is 19.8 Å². The number of nitrogens with zero attached hydrogens (tertiary/aromatic N) is 3. The van der Waals surface area contributed by atoms with Crippen LogP contribution in [-0.2, 0) is 7.05 Å². The van der Waals surface area contributed by atoms with E-state index >= 15 is 0 Å². The summed E-state index contributed by atoms with van der Waals surface area (Å²) >= 11 is 0. The number of carbonyl (C=O) groups is 1. The quantitative estimate of drug-likeness (QED) is 0.828. The van der Waals surface area contributed by atoms with Gasteiger partial charge in [-0.1, -0.05) is 6.92 Å². The van der Waals surface area contributed by atoms with Gasteiger partial charge in [0.15, 0.2) is 5.82 Å². The van der Waals surface area contributed by atoms with Crippen molar-refractivity contribution in [1.29, 1.82) is 0 Å². The summed E-state index contributed by atoms with van der Waals surface area (Å²) in [5.41, 5.74) is 0. The number of aromatic nitrogens is 2. The second-order valence-electron chi connectivity index (χ2n) is 5.38. The fourth-order valence-corrected chi connectivity index (χ4v) is 3.48. The number of hydrogen-bond acceptors (Lipinski definition) is 3. The maximum absolute atomic E-state index is 12.6. The average molecular weight is 248 g/mol.